The average molecular weight is 269 g/mol. The first-order valence-electron chi connectivity index (χ1n) is 7.95. The first-order chi connectivity index (χ1) is 8.82. The SMILES string of the molecule is CN(C)C1(C(CCCC(C)(C)C)NN)CCCCC1. The number of hydrogen-bond acceptors (Lipinski definition) is 3. The van der Waals surface area contributed by atoms with E-state index in [-0.39, 0.29) is 5.54 Å². The van der Waals surface area contributed by atoms with Gasteiger partial charge in [0.15, 0.2) is 0 Å². The molecule has 0 aromatic carbocycles. The van der Waals surface area contributed by atoms with E-state index in [2.05, 4.69) is 45.2 Å². The third-order valence-corrected chi connectivity index (χ3v) is 4.88. The van der Waals surface area contributed by atoms with Crippen molar-refractivity contribution in [2.75, 3.05) is 14.1 Å². The van der Waals surface area contributed by atoms with Crippen LogP contribution in [0.25, 0.3) is 0 Å². The summed E-state index contributed by atoms with van der Waals surface area (Å²) in [4.78, 5) is 2.42. The Bertz CT molecular complexity index is 249. The molecule has 1 fully saturated rings. The van der Waals surface area contributed by atoms with E-state index in [0.29, 0.717) is 11.5 Å². The third kappa shape index (κ3) is 4.73. The molecule has 19 heavy (non-hydrogen) atoms. The second-order valence-corrected chi connectivity index (χ2v) is 7.73. The molecule has 1 aliphatic carbocycles. The molecule has 3 nitrogen and oxygen atoms in total. The lowest BCUT2D eigenvalue weighted by atomic mass is 9.73. The second kappa shape index (κ2) is 7.05. The molecule has 3 N–H and O–H groups in total. The number of nitrogens with zero attached hydrogens (tertiary/aromatic N) is 1. The van der Waals surface area contributed by atoms with Gasteiger partial charge in [-0.05, 0) is 45.2 Å². The zero-order valence-corrected chi connectivity index (χ0v) is 13.8. The Morgan fingerprint density at radius 1 is 1.16 bits per heavy atom. The minimum atomic E-state index is 0.269. The average Bonchev–Trinajstić information content (AvgIpc) is 2.34. The Morgan fingerprint density at radius 2 is 1.74 bits per heavy atom. The van der Waals surface area contributed by atoms with E-state index in [1.54, 1.807) is 0 Å². The molecule has 0 saturated heterocycles. The molecule has 0 aliphatic heterocycles. The second-order valence-electron chi connectivity index (χ2n) is 7.73. The predicted octanol–water partition coefficient (Wildman–Crippen LogP) is 3.30. The molecule has 114 valence electrons. The monoisotopic (exact) mass is 269 g/mol. The topological polar surface area (TPSA) is 41.3 Å². The van der Waals surface area contributed by atoms with Crippen LogP contribution in [0, 0.1) is 5.41 Å². The number of hydrogen-bond donors (Lipinski definition) is 2. The number of nitrogens with one attached hydrogen (secondary N) is 1. The zero-order chi connectivity index (χ0) is 14.5. The molecule has 3 heteroatoms. The molecular formula is C16H35N3. The highest BCUT2D eigenvalue weighted by Crippen LogP contribution is 2.37. The van der Waals surface area contributed by atoms with Gasteiger partial charge in [0.1, 0.15) is 0 Å². The summed E-state index contributed by atoms with van der Waals surface area (Å²) in [6, 6.07) is 0.421. The van der Waals surface area contributed by atoms with E-state index in [4.69, 9.17) is 5.84 Å². The van der Waals surface area contributed by atoms with Crippen molar-refractivity contribution in [2.24, 2.45) is 11.3 Å². The summed E-state index contributed by atoms with van der Waals surface area (Å²) < 4.78 is 0. The van der Waals surface area contributed by atoms with Crippen molar-refractivity contribution >= 4 is 0 Å². The minimum Gasteiger partial charge on any atom is -0.302 e. The van der Waals surface area contributed by atoms with E-state index in [1.807, 2.05) is 0 Å². The van der Waals surface area contributed by atoms with Crippen molar-refractivity contribution in [2.45, 2.75) is 83.7 Å². The molecule has 1 saturated carbocycles. The molecule has 0 spiro atoms. The Morgan fingerprint density at radius 3 is 2.16 bits per heavy atom. The predicted molar refractivity (Wildman–Crippen MR) is 83.9 cm³/mol. The molecule has 0 heterocycles. The van der Waals surface area contributed by atoms with Gasteiger partial charge >= 0.3 is 0 Å². The van der Waals surface area contributed by atoms with E-state index in [0.717, 1.165) is 0 Å². The fourth-order valence-corrected chi connectivity index (χ4v) is 3.62. The number of rotatable bonds is 6. The summed E-state index contributed by atoms with van der Waals surface area (Å²) >= 11 is 0. The highest BCUT2D eigenvalue weighted by atomic mass is 15.3. The molecule has 0 radical (unpaired) electrons. The molecule has 1 aliphatic rings. The lowest BCUT2D eigenvalue weighted by molar-refractivity contribution is 0.0514. The van der Waals surface area contributed by atoms with Gasteiger partial charge in [0, 0.05) is 11.6 Å². The lowest BCUT2D eigenvalue weighted by Gasteiger charge is -2.48. The molecule has 1 rings (SSSR count). The van der Waals surface area contributed by atoms with E-state index < -0.39 is 0 Å². The first kappa shape index (κ1) is 16.9. The molecule has 0 bridgehead atoms. The molecule has 1 unspecified atom stereocenters. The summed E-state index contributed by atoms with van der Waals surface area (Å²) in [5, 5.41) is 0. The van der Waals surface area contributed by atoms with Crippen LogP contribution in [0.1, 0.15) is 72.1 Å². The summed E-state index contributed by atoms with van der Waals surface area (Å²) in [6.45, 7) is 6.96. The van der Waals surface area contributed by atoms with Crippen LogP contribution in [0.5, 0.6) is 0 Å². The maximum absolute atomic E-state index is 5.90. The number of likely N-dealkylation sites (N-methyl/N-ethyl adjacent to an activating group) is 1. The highest BCUT2D eigenvalue weighted by Gasteiger charge is 2.40. The quantitative estimate of drug-likeness (QED) is 0.574. The van der Waals surface area contributed by atoms with Gasteiger partial charge in [0.05, 0.1) is 0 Å². The van der Waals surface area contributed by atoms with Crippen molar-refractivity contribution in [3.63, 3.8) is 0 Å². The molecular weight excluding hydrogens is 234 g/mol. The van der Waals surface area contributed by atoms with Gasteiger partial charge in [-0.25, -0.2) is 0 Å². The summed E-state index contributed by atoms with van der Waals surface area (Å²) in [6.07, 6.45) is 10.4. The van der Waals surface area contributed by atoms with Crippen LogP contribution in [-0.4, -0.2) is 30.6 Å². The van der Waals surface area contributed by atoms with Crippen LogP contribution >= 0.6 is 0 Å². The van der Waals surface area contributed by atoms with E-state index in [9.17, 15) is 0 Å². The Balaban J connectivity index is 2.63. The smallest absolute Gasteiger partial charge is 0.0394 e. The zero-order valence-electron chi connectivity index (χ0n) is 13.8. The minimum absolute atomic E-state index is 0.269. The fourth-order valence-electron chi connectivity index (χ4n) is 3.62. The van der Waals surface area contributed by atoms with Gasteiger partial charge in [-0.15, -0.1) is 0 Å². The molecule has 0 aromatic rings. The van der Waals surface area contributed by atoms with Crippen LogP contribution in [-0.2, 0) is 0 Å². The van der Waals surface area contributed by atoms with Crippen molar-refractivity contribution < 1.29 is 0 Å². The highest BCUT2D eigenvalue weighted by molar-refractivity contribution is 4.99. The molecule has 1 atom stereocenters. The normalized spacial score (nSPS) is 21.6. The van der Waals surface area contributed by atoms with Gasteiger partial charge in [-0.1, -0.05) is 46.5 Å². The van der Waals surface area contributed by atoms with Crippen molar-refractivity contribution in [3.05, 3.63) is 0 Å². The standard InChI is InChI=1S/C16H35N3/c1-15(2,3)11-9-10-14(18-17)16(19(4)5)12-7-6-8-13-16/h14,18H,6-13,17H2,1-5H3. The summed E-state index contributed by atoms with van der Waals surface area (Å²) in [7, 11) is 4.44. The van der Waals surface area contributed by atoms with Crippen molar-refractivity contribution in [1.82, 2.24) is 10.3 Å². The van der Waals surface area contributed by atoms with Crippen LogP contribution in [0.2, 0.25) is 0 Å². The number of nitrogens with two attached hydrogens (primary N) is 1. The molecule has 0 aromatic heterocycles. The summed E-state index contributed by atoms with van der Waals surface area (Å²) in [5.41, 5.74) is 3.83. The van der Waals surface area contributed by atoms with Crippen molar-refractivity contribution in [3.8, 4) is 0 Å². The van der Waals surface area contributed by atoms with E-state index >= 15 is 0 Å². The summed E-state index contributed by atoms with van der Waals surface area (Å²) in [5.74, 6) is 5.90. The third-order valence-electron chi connectivity index (χ3n) is 4.88. The largest absolute Gasteiger partial charge is 0.302 e. The Labute approximate surface area is 120 Å². The Kier molecular flexibility index (Phi) is 6.28. The Hall–Kier alpha value is -0.120. The van der Waals surface area contributed by atoms with E-state index in [1.165, 1.54) is 51.4 Å². The van der Waals surface area contributed by atoms with Crippen LogP contribution in [0.15, 0.2) is 0 Å². The molecule has 0 amide bonds. The van der Waals surface area contributed by atoms with Gasteiger partial charge in [-0.2, -0.15) is 0 Å². The van der Waals surface area contributed by atoms with Crippen LogP contribution in [0.3, 0.4) is 0 Å². The maximum Gasteiger partial charge on any atom is 0.0394 e. The van der Waals surface area contributed by atoms with Gasteiger partial charge in [0.2, 0.25) is 0 Å². The first-order valence-corrected chi connectivity index (χ1v) is 7.95. The van der Waals surface area contributed by atoms with Gasteiger partial charge in [0.25, 0.3) is 0 Å². The van der Waals surface area contributed by atoms with Crippen molar-refractivity contribution in [1.29, 1.82) is 0 Å². The van der Waals surface area contributed by atoms with Crippen LogP contribution in [0.4, 0.5) is 0 Å². The number of hydrazine groups is 1. The maximum atomic E-state index is 5.90. The van der Waals surface area contributed by atoms with Crippen LogP contribution < -0.4 is 11.3 Å². The van der Waals surface area contributed by atoms with Gasteiger partial charge < -0.3 is 4.90 Å². The fraction of sp³-hybridized carbons (Fsp3) is 1.00. The van der Waals surface area contributed by atoms with Gasteiger partial charge in [-0.3, -0.25) is 11.3 Å². The lowest BCUT2D eigenvalue weighted by Crippen LogP contribution is -2.61.